The molecule has 1 saturated heterocycles. The van der Waals surface area contributed by atoms with Gasteiger partial charge in [-0.05, 0) is 54.3 Å². The zero-order valence-electron chi connectivity index (χ0n) is 26.7. The average molecular weight is 602 g/mol. The molecule has 43 heavy (non-hydrogen) atoms. The topological polar surface area (TPSA) is 168 Å². The quantitative estimate of drug-likeness (QED) is 0.166. The number of primary amides is 1. The van der Waals surface area contributed by atoms with Crippen LogP contribution in [-0.4, -0.2) is 70.9 Å². The monoisotopic (exact) mass is 601 g/mol. The normalized spacial score (nSPS) is 26.0. The van der Waals surface area contributed by atoms with Gasteiger partial charge in [-0.3, -0.25) is 24.0 Å². The summed E-state index contributed by atoms with van der Waals surface area (Å²) < 4.78 is 0. The van der Waals surface area contributed by atoms with Crippen molar-refractivity contribution in [3.63, 3.8) is 0 Å². The van der Waals surface area contributed by atoms with Gasteiger partial charge in [-0.15, -0.1) is 0 Å². The molecule has 3 aliphatic carbocycles. The third-order valence-electron chi connectivity index (χ3n) is 10.0. The van der Waals surface area contributed by atoms with Crippen LogP contribution in [0.2, 0.25) is 0 Å². The SMILES string of the molecule is CCCCC[C@H](NC(=O)N[C@H](C(=O)N1C[C@H]2[C@@H]([C@H]1C(=O)NC(CC1CC1)C(=O)C(N)=O)C2(C)C)C(C)(C)C)C(=O)C1CC1. The van der Waals surface area contributed by atoms with Crippen molar-refractivity contribution >= 4 is 35.3 Å². The molecular weight excluding hydrogens is 550 g/mol. The molecule has 0 bridgehead atoms. The lowest BCUT2D eigenvalue weighted by molar-refractivity contribution is -0.145. The highest BCUT2D eigenvalue weighted by Crippen LogP contribution is 2.65. The van der Waals surface area contributed by atoms with E-state index in [1.165, 1.54) is 4.90 Å². The number of carbonyl (C=O) groups excluding carboxylic acids is 6. The predicted molar refractivity (Wildman–Crippen MR) is 160 cm³/mol. The van der Waals surface area contributed by atoms with Gasteiger partial charge in [0.15, 0.2) is 5.78 Å². The molecule has 6 atom stereocenters. The van der Waals surface area contributed by atoms with Crippen molar-refractivity contribution in [2.75, 3.05) is 6.54 Å². The van der Waals surface area contributed by atoms with Crippen LogP contribution in [0, 0.1) is 34.5 Å². The van der Waals surface area contributed by atoms with Crippen LogP contribution in [0.5, 0.6) is 0 Å². The van der Waals surface area contributed by atoms with Crippen molar-refractivity contribution in [3.8, 4) is 0 Å². The highest BCUT2D eigenvalue weighted by Gasteiger charge is 2.70. The standard InChI is InChI=1S/C32H51N5O6/c1-7-8-9-10-20(24(38)18-13-14-18)35-30(43)36-26(31(2,3)4)29(42)37-16-19-22(32(19,5)6)23(37)28(41)34-21(15-17-11-12-17)25(39)27(33)40/h17-23,26H,7-16H2,1-6H3,(H2,33,40)(H,34,41)(H2,35,36,43)/t19-,20-,21?,22-,23-,26+/m0/s1. The van der Waals surface area contributed by atoms with Crippen LogP contribution in [0.1, 0.15) is 99.3 Å². The Labute approximate surface area is 255 Å². The van der Waals surface area contributed by atoms with Crippen molar-refractivity contribution in [2.24, 2.45) is 40.2 Å². The molecule has 1 heterocycles. The van der Waals surface area contributed by atoms with Crippen molar-refractivity contribution in [3.05, 3.63) is 0 Å². The maximum atomic E-state index is 14.2. The van der Waals surface area contributed by atoms with Crippen LogP contribution in [0.25, 0.3) is 0 Å². The number of hydrogen-bond donors (Lipinski definition) is 4. The molecule has 3 saturated carbocycles. The second-order valence-corrected chi connectivity index (χ2v) is 15.0. The molecule has 5 N–H and O–H groups in total. The number of nitrogens with one attached hydrogen (secondary N) is 3. The summed E-state index contributed by atoms with van der Waals surface area (Å²) in [6, 6.07) is -4.01. The Morgan fingerprint density at radius 3 is 2.12 bits per heavy atom. The summed E-state index contributed by atoms with van der Waals surface area (Å²) in [5.41, 5.74) is 4.41. The molecule has 0 aromatic rings. The first-order chi connectivity index (χ1) is 20.1. The molecule has 0 radical (unpaired) electrons. The van der Waals surface area contributed by atoms with Gasteiger partial charge in [0.25, 0.3) is 5.91 Å². The molecule has 0 aromatic carbocycles. The lowest BCUT2D eigenvalue weighted by Crippen LogP contribution is -2.62. The van der Waals surface area contributed by atoms with Gasteiger partial charge in [-0.1, -0.05) is 73.6 Å². The summed E-state index contributed by atoms with van der Waals surface area (Å²) in [5, 5.41) is 8.47. The van der Waals surface area contributed by atoms with Gasteiger partial charge in [-0.2, -0.15) is 0 Å². The van der Waals surface area contributed by atoms with E-state index in [4.69, 9.17) is 5.73 Å². The first-order valence-corrected chi connectivity index (χ1v) is 16.1. The summed E-state index contributed by atoms with van der Waals surface area (Å²) in [7, 11) is 0. The first-order valence-electron chi connectivity index (χ1n) is 16.1. The second kappa shape index (κ2) is 12.6. The van der Waals surface area contributed by atoms with Gasteiger partial charge in [0.05, 0.1) is 12.1 Å². The minimum Gasteiger partial charge on any atom is -0.363 e. The molecule has 4 rings (SSSR count). The number of rotatable bonds is 15. The summed E-state index contributed by atoms with van der Waals surface area (Å²) in [6.07, 6.45) is 7.24. The Hall–Kier alpha value is -2.98. The number of nitrogens with two attached hydrogens (primary N) is 1. The smallest absolute Gasteiger partial charge is 0.316 e. The van der Waals surface area contributed by atoms with E-state index >= 15 is 0 Å². The maximum absolute atomic E-state index is 14.2. The third kappa shape index (κ3) is 7.58. The summed E-state index contributed by atoms with van der Waals surface area (Å²) in [5.74, 6) is -2.51. The zero-order chi connectivity index (χ0) is 31.9. The Balaban J connectivity index is 1.49. The lowest BCUT2D eigenvalue weighted by atomic mass is 9.85. The molecule has 4 aliphatic rings. The number of nitrogens with zero attached hydrogens (tertiary/aromatic N) is 1. The number of Topliss-reactive ketones (excluding diaryl/α,β-unsaturated/α-hetero) is 2. The maximum Gasteiger partial charge on any atom is 0.316 e. The van der Waals surface area contributed by atoms with E-state index < -0.39 is 53.2 Å². The summed E-state index contributed by atoms with van der Waals surface area (Å²) in [4.78, 5) is 80.0. The van der Waals surface area contributed by atoms with E-state index in [1.54, 1.807) is 0 Å². The second-order valence-electron chi connectivity index (χ2n) is 15.0. The number of fused-ring (bicyclic) bond motifs is 1. The fourth-order valence-electron chi connectivity index (χ4n) is 6.84. The van der Waals surface area contributed by atoms with Crippen LogP contribution >= 0.6 is 0 Å². The van der Waals surface area contributed by atoms with E-state index in [2.05, 4.69) is 36.7 Å². The van der Waals surface area contributed by atoms with Gasteiger partial charge in [0.2, 0.25) is 17.6 Å². The molecule has 1 aliphatic heterocycles. The molecule has 11 nitrogen and oxygen atoms in total. The molecule has 0 aromatic heterocycles. The van der Waals surface area contributed by atoms with Crippen molar-refractivity contribution in [1.82, 2.24) is 20.9 Å². The lowest BCUT2D eigenvalue weighted by Gasteiger charge is -2.38. The highest BCUT2D eigenvalue weighted by molar-refractivity contribution is 6.37. The van der Waals surface area contributed by atoms with Crippen LogP contribution in [-0.2, 0) is 24.0 Å². The molecule has 11 heteroatoms. The Bertz CT molecular complexity index is 1140. The molecule has 5 amide bonds. The molecular formula is C32H51N5O6. The van der Waals surface area contributed by atoms with Gasteiger partial charge in [0, 0.05) is 12.5 Å². The Morgan fingerprint density at radius 2 is 1.58 bits per heavy atom. The van der Waals surface area contributed by atoms with Crippen LogP contribution in [0.4, 0.5) is 4.79 Å². The minimum atomic E-state index is -1.09. The van der Waals surface area contributed by atoms with Crippen molar-refractivity contribution < 1.29 is 28.8 Å². The summed E-state index contributed by atoms with van der Waals surface area (Å²) in [6.45, 7) is 12.1. The first kappa shape index (κ1) is 32.9. The Morgan fingerprint density at radius 1 is 0.930 bits per heavy atom. The molecule has 4 fully saturated rings. The highest BCUT2D eigenvalue weighted by atomic mass is 16.2. The van der Waals surface area contributed by atoms with Crippen LogP contribution in [0.3, 0.4) is 0 Å². The molecule has 1 unspecified atom stereocenters. The fourth-order valence-corrected chi connectivity index (χ4v) is 6.84. The Kier molecular flexibility index (Phi) is 9.61. The number of urea groups is 1. The van der Waals surface area contributed by atoms with E-state index in [0.29, 0.717) is 19.4 Å². The van der Waals surface area contributed by atoms with Gasteiger partial charge in [-0.25, -0.2) is 4.79 Å². The zero-order valence-corrected chi connectivity index (χ0v) is 26.7. The third-order valence-corrected chi connectivity index (χ3v) is 10.0. The van der Waals surface area contributed by atoms with E-state index in [0.717, 1.165) is 44.9 Å². The number of unbranched alkanes of at least 4 members (excludes halogenated alkanes) is 2. The van der Waals surface area contributed by atoms with Gasteiger partial charge >= 0.3 is 6.03 Å². The van der Waals surface area contributed by atoms with Crippen molar-refractivity contribution in [1.29, 1.82) is 0 Å². The molecule has 240 valence electrons. The number of amides is 5. The molecule has 0 spiro atoms. The number of piperidine rings is 1. The minimum absolute atomic E-state index is 0.00360. The number of ketones is 2. The number of likely N-dealkylation sites (tertiary alicyclic amines) is 1. The van der Waals surface area contributed by atoms with Crippen molar-refractivity contribution in [2.45, 2.75) is 123 Å². The predicted octanol–water partition coefficient (Wildman–Crippen LogP) is 2.45. The van der Waals surface area contributed by atoms with Gasteiger partial charge < -0.3 is 26.6 Å². The van der Waals surface area contributed by atoms with E-state index in [-0.39, 0.29) is 40.8 Å². The van der Waals surface area contributed by atoms with Crippen LogP contribution in [0.15, 0.2) is 0 Å². The number of carbonyl (C=O) groups is 6. The largest absolute Gasteiger partial charge is 0.363 e. The average Bonchev–Trinajstić information content (AvgIpc) is 3.87. The van der Waals surface area contributed by atoms with Gasteiger partial charge in [0.1, 0.15) is 12.1 Å². The van der Waals surface area contributed by atoms with E-state index in [1.807, 2.05) is 20.8 Å². The van der Waals surface area contributed by atoms with E-state index in [9.17, 15) is 28.8 Å². The fraction of sp³-hybridized carbons (Fsp3) is 0.812. The summed E-state index contributed by atoms with van der Waals surface area (Å²) >= 11 is 0. The van der Waals surface area contributed by atoms with Crippen LogP contribution < -0.4 is 21.7 Å². The number of hydrogen-bond acceptors (Lipinski definition) is 6.